The van der Waals surface area contributed by atoms with E-state index in [1.54, 1.807) is 0 Å². The summed E-state index contributed by atoms with van der Waals surface area (Å²) in [6, 6.07) is -0.784. The number of sulfone groups is 1. The number of sulfonamides is 1. The lowest BCUT2D eigenvalue weighted by Gasteiger charge is -2.42. The molecular formula is C14H24N4O4S2. The van der Waals surface area contributed by atoms with Crippen molar-refractivity contribution in [2.24, 2.45) is 7.05 Å². The molecule has 2 saturated heterocycles. The van der Waals surface area contributed by atoms with Crippen LogP contribution >= 0.6 is 0 Å². The number of piperazine rings is 1. The van der Waals surface area contributed by atoms with Crippen molar-refractivity contribution in [1.29, 1.82) is 0 Å². The molecule has 2 aliphatic rings. The Balaban J connectivity index is 1.91. The van der Waals surface area contributed by atoms with Gasteiger partial charge in [-0.3, -0.25) is 9.58 Å². The Hall–Kier alpha value is -0.970. The minimum atomic E-state index is -3.41. The first kappa shape index (κ1) is 17.8. The van der Waals surface area contributed by atoms with Crippen molar-refractivity contribution in [3.05, 3.63) is 17.0 Å². The van der Waals surface area contributed by atoms with Crippen LogP contribution in [0.1, 0.15) is 17.0 Å². The molecule has 24 heavy (non-hydrogen) atoms. The molecule has 3 rings (SSSR count). The van der Waals surface area contributed by atoms with E-state index in [9.17, 15) is 16.8 Å². The van der Waals surface area contributed by atoms with E-state index < -0.39 is 25.9 Å². The number of aryl methyl sites for hydroxylation is 2. The van der Waals surface area contributed by atoms with Crippen LogP contribution in [-0.2, 0) is 33.5 Å². The second-order valence-corrected chi connectivity index (χ2v) is 10.9. The average molecular weight is 377 g/mol. The first-order valence-corrected chi connectivity index (χ1v) is 11.6. The normalized spacial score (nSPS) is 28.2. The summed E-state index contributed by atoms with van der Waals surface area (Å²) in [5.74, 6) is -0.0751. The SMILES string of the molecule is Cc1nn(C)c(C)c1CN1CCN(S(C)(=O)=O)[C@H]2CS(=O)(=O)C[C@H]21. The molecule has 2 aliphatic heterocycles. The molecule has 136 valence electrons. The zero-order valence-electron chi connectivity index (χ0n) is 14.4. The third-order valence-electron chi connectivity index (χ3n) is 5.19. The fourth-order valence-electron chi connectivity index (χ4n) is 3.85. The highest BCUT2D eigenvalue weighted by Gasteiger charge is 2.49. The molecule has 0 radical (unpaired) electrons. The topological polar surface area (TPSA) is 92.6 Å². The van der Waals surface area contributed by atoms with Gasteiger partial charge in [-0.1, -0.05) is 0 Å². The minimum absolute atomic E-state index is 0.0159. The quantitative estimate of drug-likeness (QED) is 0.691. The van der Waals surface area contributed by atoms with Crippen LogP contribution < -0.4 is 0 Å². The maximum atomic E-state index is 12.1. The Morgan fingerprint density at radius 1 is 1.17 bits per heavy atom. The molecule has 8 nitrogen and oxygen atoms in total. The summed E-state index contributed by atoms with van der Waals surface area (Å²) in [6.45, 7) is 5.38. The van der Waals surface area contributed by atoms with Crippen molar-refractivity contribution in [3.63, 3.8) is 0 Å². The van der Waals surface area contributed by atoms with Gasteiger partial charge in [0.2, 0.25) is 10.0 Å². The maximum Gasteiger partial charge on any atom is 0.211 e. The Kier molecular flexibility index (Phi) is 4.30. The second kappa shape index (κ2) is 5.79. The van der Waals surface area contributed by atoms with E-state index in [1.807, 2.05) is 25.6 Å². The van der Waals surface area contributed by atoms with E-state index in [2.05, 4.69) is 10.00 Å². The van der Waals surface area contributed by atoms with Crippen molar-refractivity contribution in [2.75, 3.05) is 30.9 Å². The average Bonchev–Trinajstić information content (AvgIpc) is 2.87. The van der Waals surface area contributed by atoms with Gasteiger partial charge in [0.25, 0.3) is 0 Å². The van der Waals surface area contributed by atoms with Crippen molar-refractivity contribution in [1.82, 2.24) is 19.0 Å². The Morgan fingerprint density at radius 2 is 1.79 bits per heavy atom. The first-order chi connectivity index (χ1) is 11.0. The number of aromatic nitrogens is 2. The third-order valence-corrected chi connectivity index (χ3v) is 8.19. The van der Waals surface area contributed by atoms with Gasteiger partial charge in [-0.15, -0.1) is 0 Å². The summed E-state index contributed by atoms with van der Waals surface area (Å²) in [6.07, 6.45) is 1.15. The summed E-state index contributed by atoms with van der Waals surface area (Å²) in [4.78, 5) is 2.11. The molecule has 0 aromatic carbocycles. The minimum Gasteiger partial charge on any atom is -0.292 e. The Bertz CT molecular complexity index is 860. The lowest BCUT2D eigenvalue weighted by Crippen LogP contribution is -2.59. The summed E-state index contributed by atoms with van der Waals surface area (Å²) in [5.41, 5.74) is 3.07. The number of rotatable bonds is 3. The van der Waals surface area contributed by atoms with Gasteiger partial charge in [-0.05, 0) is 13.8 Å². The molecule has 0 unspecified atom stereocenters. The smallest absolute Gasteiger partial charge is 0.211 e. The monoisotopic (exact) mass is 376 g/mol. The standard InChI is InChI=1S/C14H24N4O4S2/c1-10-12(11(2)16(3)15-10)7-17-5-6-18(23(4,19)20)14-9-24(21,22)8-13(14)17/h13-14H,5-9H2,1-4H3/t13-,14+/m1/s1. The van der Waals surface area contributed by atoms with Crippen molar-refractivity contribution < 1.29 is 16.8 Å². The molecule has 3 heterocycles. The van der Waals surface area contributed by atoms with E-state index in [-0.39, 0.29) is 17.5 Å². The highest BCUT2D eigenvalue weighted by Crippen LogP contribution is 2.30. The summed E-state index contributed by atoms with van der Waals surface area (Å²) >= 11 is 0. The van der Waals surface area contributed by atoms with Gasteiger partial charge in [0, 0.05) is 44.0 Å². The van der Waals surface area contributed by atoms with Gasteiger partial charge in [-0.2, -0.15) is 9.40 Å². The largest absolute Gasteiger partial charge is 0.292 e. The van der Waals surface area contributed by atoms with Crippen molar-refractivity contribution in [3.8, 4) is 0 Å². The molecule has 0 saturated carbocycles. The van der Waals surface area contributed by atoms with Gasteiger partial charge in [0.05, 0.1) is 29.5 Å². The van der Waals surface area contributed by atoms with E-state index in [4.69, 9.17) is 0 Å². The molecule has 2 atom stereocenters. The van der Waals surface area contributed by atoms with Crippen molar-refractivity contribution >= 4 is 19.9 Å². The molecule has 1 aromatic heterocycles. The number of hydrogen-bond donors (Lipinski definition) is 0. The lowest BCUT2D eigenvalue weighted by atomic mass is 10.1. The molecule has 1 aromatic rings. The highest BCUT2D eigenvalue weighted by atomic mass is 32.2. The Labute approximate surface area is 143 Å². The van der Waals surface area contributed by atoms with Crippen LogP contribution in [-0.4, -0.2) is 78.8 Å². The third kappa shape index (κ3) is 3.12. The second-order valence-electron chi connectivity index (χ2n) is 6.83. The Morgan fingerprint density at radius 3 is 2.33 bits per heavy atom. The lowest BCUT2D eigenvalue weighted by molar-refractivity contribution is 0.0892. The molecule has 10 heteroatoms. The van der Waals surface area contributed by atoms with E-state index in [0.29, 0.717) is 19.6 Å². The fraction of sp³-hybridized carbons (Fsp3) is 0.786. The molecule has 0 bridgehead atoms. The summed E-state index contributed by atoms with van der Waals surface area (Å²) < 4.78 is 51.5. The highest BCUT2D eigenvalue weighted by molar-refractivity contribution is 7.92. The molecule has 2 fully saturated rings. The van der Waals surface area contributed by atoms with Crippen LogP contribution in [0, 0.1) is 13.8 Å². The predicted octanol–water partition coefficient (Wildman–Crippen LogP) is -0.720. The van der Waals surface area contributed by atoms with Crippen LogP contribution in [0.4, 0.5) is 0 Å². The molecule has 0 aliphatic carbocycles. The summed E-state index contributed by atoms with van der Waals surface area (Å²) in [7, 11) is -4.76. The maximum absolute atomic E-state index is 12.1. The number of hydrogen-bond acceptors (Lipinski definition) is 6. The van der Waals surface area contributed by atoms with Crippen LogP contribution in [0.25, 0.3) is 0 Å². The zero-order chi connectivity index (χ0) is 17.9. The molecule has 0 N–H and O–H groups in total. The van der Waals surface area contributed by atoms with E-state index in [0.717, 1.165) is 23.2 Å². The predicted molar refractivity (Wildman–Crippen MR) is 90.9 cm³/mol. The molecule has 0 amide bonds. The number of nitrogens with zero attached hydrogens (tertiary/aromatic N) is 4. The van der Waals surface area contributed by atoms with Crippen LogP contribution in [0.15, 0.2) is 0 Å². The van der Waals surface area contributed by atoms with Gasteiger partial charge >= 0.3 is 0 Å². The number of fused-ring (bicyclic) bond motifs is 1. The van der Waals surface area contributed by atoms with Crippen LogP contribution in [0.3, 0.4) is 0 Å². The van der Waals surface area contributed by atoms with Crippen molar-refractivity contribution in [2.45, 2.75) is 32.5 Å². The van der Waals surface area contributed by atoms with Crippen LogP contribution in [0.2, 0.25) is 0 Å². The van der Waals surface area contributed by atoms with E-state index >= 15 is 0 Å². The molecular weight excluding hydrogens is 352 g/mol. The summed E-state index contributed by atoms with van der Waals surface area (Å²) in [5, 5.41) is 4.41. The molecule has 0 spiro atoms. The van der Waals surface area contributed by atoms with Gasteiger partial charge < -0.3 is 0 Å². The first-order valence-electron chi connectivity index (χ1n) is 7.90. The van der Waals surface area contributed by atoms with Crippen LogP contribution in [0.5, 0.6) is 0 Å². The van der Waals surface area contributed by atoms with Gasteiger partial charge in [-0.25, -0.2) is 16.8 Å². The van der Waals surface area contributed by atoms with E-state index in [1.165, 1.54) is 4.31 Å². The van der Waals surface area contributed by atoms with Gasteiger partial charge in [0.1, 0.15) is 0 Å². The van der Waals surface area contributed by atoms with Gasteiger partial charge in [0.15, 0.2) is 9.84 Å². The fourth-order valence-corrected chi connectivity index (χ4v) is 7.08. The zero-order valence-corrected chi connectivity index (χ0v) is 16.1.